The highest BCUT2D eigenvalue weighted by molar-refractivity contribution is 7.99. The molecular formula is C25H29N5O4S. The van der Waals surface area contributed by atoms with E-state index in [0.717, 1.165) is 24.1 Å². The number of fused-ring (bicyclic) bond motifs is 2. The van der Waals surface area contributed by atoms with Crippen LogP contribution in [0.1, 0.15) is 43.4 Å². The summed E-state index contributed by atoms with van der Waals surface area (Å²) >= 11 is 1.48. The van der Waals surface area contributed by atoms with Crippen LogP contribution in [0.4, 0.5) is 0 Å². The van der Waals surface area contributed by atoms with Gasteiger partial charge in [0.2, 0.25) is 5.91 Å². The van der Waals surface area contributed by atoms with Gasteiger partial charge in [-0.25, -0.2) is 9.67 Å². The predicted molar refractivity (Wildman–Crippen MR) is 133 cm³/mol. The highest BCUT2D eigenvalue weighted by atomic mass is 32.2. The summed E-state index contributed by atoms with van der Waals surface area (Å²) < 4.78 is 8.49. The molecule has 1 amide bonds. The molecule has 0 aliphatic carbocycles. The minimum Gasteiger partial charge on any atom is -0.466 e. The molecule has 3 aromatic rings. The molecule has 0 N–H and O–H groups in total. The summed E-state index contributed by atoms with van der Waals surface area (Å²) in [6.45, 7) is 7.21. The van der Waals surface area contributed by atoms with E-state index < -0.39 is 0 Å². The Bertz CT molecular complexity index is 1360. The van der Waals surface area contributed by atoms with E-state index in [0.29, 0.717) is 41.6 Å². The Kier molecular flexibility index (Phi) is 6.39. The molecule has 0 spiro atoms. The van der Waals surface area contributed by atoms with Gasteiger partial charge in [0.25, 0.3) is 5.56 Å². The van der Waals surface area contributed by atoms with Gasteiger partial charge < -0.3 is 9.64 Å². The largest absolute Gasteiger partial charge is 0.466 e. The number of benzene rings is 1. The van der Waals surface area contributed by atoms with Crippen molar-refractivity contribution in [2.45, 2.75) is 51.2 Å². The van der Waals surface area contributed by atoms with E-state index in [1.807, 2.05) is 25.1 Å². The third-order valence-corrected chi connectivity index (χ3v) is 8.01. The Morgan fingerprint density at radius 3 is 2.83 bits per heavy atom. The Balaban J connectivity index is 1.38. The molecule has 1 saturated heterocycles. The van der Waals surface area contributed by atoms with E-state index in [4.69, 9.17) is 9.72 Å². The first-order valence-electron chi connectivity index (χ1n) is 12.0. The molecule has 0 radical (unpaired) electrons. The van der Waals surface area contributed by atoms with Crippen molar-refractivity contribution < 1.29 is 14.3 Å². The number of hydrogen-bond acceptors (Lipinski definition) is 7. The quantitative estimate of drug-likeness (QED) is 0.396. The van der Waals surface area contributed by atoms with Crippen molar-refractivity contribution in [2.24, 2.45) is 5.92 Å². The van der Waals surface area contributed by atoms with Crippen LogP contribution in [0.5, 0.6) is 0 Å². The third-order valence-electron chi connectivity index (χ3n) is 6.91. The van der Waals surface area contributed by atoms with E-state index in [-0.39, 0.29) is 35.8 Å². The third kappa shape index (κ3) is 4.35. The van der Waals surface area contributed by atoms with Crippen LogP contribution in [-0.4, -0.2) is 61.6 Å². The number of nitrogens with zero attached hydrogens (tertiary/aromatic N) is 5. The summed E-state index contributed by atoms with van der Waals surface area (Å²) in [5.41, 5.74) is 3.53. The van der Waals surface area contributed by atoms with Gasteiger partial charge in [0.1, 0.15) is 5.39 Å². The van der Waals surface area contributed by atoms with Gasteiger partial charge in [-0.1, -0.05) is 17.8 Å². The molecule has 184 valence electrons. The van der Waals surface area contributed by atoms with Gasteiger partial charge in [-0.05, 0) is 56.9 Å². The average molecular weight is 496 g/mol. The first kappa shape index (κ1) is 23.6. The fourth-order valence-corrected chi connectivity index (χ4v) is 5.94. The SMILES string of the molecule is CCOC(=O)C1CCCN(C(=O)CC2CSc3nc4c(cnn4-c4ccc(C)c(C)c4)c(=O)n32)C1. The summed E-state index contributed by atoms with van der Waals surface area (Å²) in [6, 6.07) is 5.75. The zero-order chi connectivity index (χ0) is 24.7. The second-order valence-corrected chi connectivity index (χ2v) is 10.2. The van der Waals surface area contributed by atoms with E-state index in [2.05, 4.69) is 12.0 Å². The molecule has 9 nitrogen and oxygen atoms in total. The Morgan fingerprint density at radius 1 is 1.23 bits per heavy atom. The number of likely N-dealkylation sites (tertiary alicyclic amines) is 1. The topological polar surface area (TPSA) is 99.3 Å². The van der Waals surface area contributed by atoms with Crippen LogP contribution in [0.15, 0.2) is 34.3 Å². The fourth-order valence-electron chi connectivity index (χ4n) is 4.81. The van der Waals surface area contributed by atoms with Crippen LogP contribution in [0.2, 0.25) is 0 Å². The molecule has 5 rings (SSSR count). The number of thioether (sulfide) groups is 1. The molecule has 10 heteroatoms. The number of aromatic nitrogens is 4. The summed E-state index contributed by atoms with van der Waals surface area (Å²) in [5, 5.41) is 5.49. The summed E-state index contributed by atoms with van der Waals surface area (Å²) in [7, 11) is 0. The van der Waals surface area contributed by atoms with Crippen LogP contribution in [0.3, 0.4) is 0 Å². The number of rotatable bonds is 5. The first-order valence-corrected chi connectivity index (χ1v) is 13.0. The van der Waals surface area contributed by atoms with Crippen molar-refractivity contribution in [2.75, 3.05) is 25.4 Å². The number of aryl methyl sites for hydroxylation is 2. The Morgan fingerprint density at radius 2 is 2.06 bits per heavy atom. The number of carbonyl (C=O) groups is 2. The van der Waals surface area contributed by atoms with Crippen LogP contribution < -0.4 is 5.56 Å². The maximum Gasteiger partial charge on any atom is 0.310 e. The minimum absolute atomic E-state index is 0.0460. The molecule has 1 fully saturated rings. The van der Waals surface area contributed by atoms with Gasteiger partial charge in [0, 0.05) is 25.3 Å². The van der Waals surface area contributed by atoms with Crippen LogP contribution in [0.25, 0.3) is 16.7 Å². The van der Waals surface area contributed by atoms with E-state index in [9.17, 15) is 14.4 Å². The van der Waals surface area contributed by atoms with Gasteiger partial charge in [-0.2, -0.15) is 5.10 Å². The lowest BCUT2D eigenvalue weighted by atomic mass is 9.97. The average Bonchev–Trinajstić information content (AvgIpc) is 3.46. The molecule has 0 bridgehead atoms. The number of piperidine rings is 1. The number of hydrogen-bond donors (Lipinski definition) is 0. The summed E-state index contributed by atoms with van der Waals surface area (Å²) in [6.07, 6.45) is 3.26. The zero-order valence-corrected chi connectivity index (χ0v) is 21.0. The predicted octanol–water partition coefficient (Wildman–Crippen LogP) is 3.04. The Labute approximate surface area is 207 Å². The molecular weight excluding hydrogens is 466 g/mol. The van der Waals surface area contributed by atoms with Gasteiger partial charge in [-0.3, -0.25) is 19.0 Å². The van der Waals surface area contributed by atoms with Crippen molar-refractivity contribution in [3.05, 3.63) is 45.9 Å². The van der Waals surface area contributed by atoms with E-state index >= 15 is 0 Å². The summed E-state index contributed by atoms with van der Waals surface area (Å²) in [5.74, 6) is 0.0380. The van der Waals surface area contributed by atoms with Gasteiger partial charge in [0.05, 0.1) is 30.5 Å². The van der Waals surface area contributed by atoms with Crippen LogP contribution >= 0.6 is 11.8 Å². The fraction of sp³-hybridized carbons (Fsp3) is 0.480. The molecule has 1 aromatic carbocycles. The van der Waals surface area contributed by atoms with Crippen LogP contribution in [0, 0.1) is 19.8 Å². The van der Waals surface area contributed by atoms with E-state index in [1.54, 1.807) is 27.3 Å². The van der Waals surface area contributed by atoms with Crippen molar-refractivity contribution in [3.63, 3.8) is 0 Å². The first-order chi connectivity index (χ1) is 16.9. The minimum atomic E-state index is -0.279. The molecule has 0 saturated carbocycles. The zero-order valence-electron chi connectivity index (χ0n) is 20.2. The molecule has 4 heterocycles. The number of carbonyl (C=O) groups excluding carboxylic acids is 2. The van der Waals surface area contributed by atoms with Crippen molar-refractivity contribution in [3.8, 4) is 5.69 Å². The molecule has 2 unspecified atom stereocenters. The lowest BCUT2D eigenvalue weighted by molar-refractivity contribution is -0.151. The molecule has 2 aliphatic heterocycles. The van der Waals surface area contributed by atoms with Crippen molar-refractivity contribution in [1.82, 2.24) is 24.2 Å². The van der Waals surface area contributed by atoms with Crippen LogP contribution in [-0.2, 0) is 14.3 Å². The smallest absolute Gasteiger partial charge is 0.310 e. The van der Waals surface area contributed by atoms with Gasteiger partial charge in [-0.15, -0.1) is 0 Å². The maximum atomic E-state index is 13.4. The number of ether oxygens (including phenoxy) is 1. The molecule has 2 aliphatic rings. The molecule has 2 atom stereocenters. The van der Waals surface area contributed by atoms with Crippen molar-refractivity contribution >= 4 is 34.7 Å². The highest BCUT2D eigenvalue weighted by Crippen LogP contribution is 2.34. The maximum absolute atomic E-state index is 13.4. The standard InChI is InChI=1S/C25H29N5O4S/c1-4-34-24(33)17-6-5-9-28(13-17)21(31)11-19-14-35-25-27-22-20(23(32)29(19)25)12-26-30(22)18-8-7-15(2)16(3)10-18/h7-8,10,12,17,19H,4-6,9,11,13-14H2,1-3H3. The van der Waals surface area contributed by atoms with Gasteiger partial charge in [0.15, 0.2) is 10.8 Å². The summed E-state index contributed by atoms with van der Waals surface area (Å²) in [4.78, 5) is 45.2. The number of amides is 1. The normalized spacial score (nSPS) is 19.7. The lowest BCUT2D eigenvalue weighted by Gasteiger charge is -2.32. The Hall–Kier alpha value is -3.14. The second-order valence-electron chi connectivity index (χ2n) is 9.23. The second kappa shape index (κ2) is 9.49. The van der Waals surface area contributed by atoms with Crippen molar-refractivity contribution in [1.29, 1.82) is 0 Å². The molecule has 2 aromatic heterocycles. The van der Waals surface area contributed by atoms with Gasteiger partial charge >= 0.3 is 5.97 Å². The number of esters is 1. The van der Waals surface area contributed by atoms with E-state index in [1.165, 1.54) is 17.3 Å². The lowest BCUT2D eigenvalue weighted by Crippen LogP contribution is -2.43. The molecule has 35 heavy (non-hydrogen) atoms. The monoisotopic (exact) mass is 495 g/mol. The highest BCUT2D eigenvalue weighted by Gasteiger charge is 2.34.